The number of hydrogen-bond acceptors (Lipinski definition) is 2. The average molecular weight is 284 g/mol. The Morgan fingerprint density at radius 3 is 2.62 bits per heavy atom. The molecule has 0 aliphatic carbocycles. The van der Waals surface area contributed by atoms with Crippen LogP contribution in [-0.2, 0) is 0 Å². The van der Waals surface area contributed by atoms with E-state index in [1.54, 1.807) is 0 Å². The lowest BCUT2D eigenvalue weighted by molar-refractivity contribution is 0.0622. The second-order valence-electron chi connectivity index (χ2n) is 6.14. The summed E-state index contributed by atoms with van der Waals surface area (Å²) in [6.45, 7) is 8.42. The molecule has 1 saturated heterocycles. The zero-order valence-corrected chi connectivity index (χ0v) is 13.1. The number of rotatable bonds is 1. The fraction of sp³-hybridized carbons (Fsp3) is 0.500. The predicted octanol–water partition coefficient (Wildman–Crippen LogP) is 2.42. The van der Waals surface area contributed by atoms with Gasteiger partial charge in [-0.3, -0.25) is 4.79 Å². The van der Waals surface area contributed by atoms with Gasteiger partial charge in [-0.25, -0.2) is 0 Å². The highest BCUT2D eigenvalue weighted by atomic mass is 16.2. The van der Waals surface area contributed by atoms with Crippen LogP contribution in [0.25, 0.3) is 0 Å². The summed E-state index contributed by atoms with van der Waals surface area (Å²) in [6, 6.07) is 5.74. The molecule has 3 nitrogen and oxygen atoms in total. The first-order valence-electron chi connectivity index (χ1n) is 7.60. The second-order valence-corrected chi connectivity index (χ2v) is 6.14. The van der Waals surface area contributed by atoms with E-state index in [4.69, 9.17) is 5.73 Å². The van der Waals surface area contributed by atoms with E-state index in [2.05, 4.69) is 25.7 Å². The summed E-state index contributed by atoms with van der Waals surface area (Å²) in [4.78, 5) is 14.8. The van der Waals surface area contributed by atoms with Gasteiger partial charge in [0.1, 0.15) is 0 Å². The van der Waals surface area contributed by atoms with Crippen molar-refractivity contribution in [2.24, 2.45) is 17.6 Å². The molecule has 1 aliphatic rings. The van der Waals surface area contributed by atoms with Gasteiger partial charge in [-0.1, -0.05) is 31.8 Å². The van der Waals surface area contributed by atoms with Crippen molar-refractivity contribution in [3.63, 3.8) is 0 Å². The first-order chi connectivity index (χ1) is 10.0. The summed E-state index contributed by atoms with van der Waals surface area (Å²) in [5.74, 6) is 7.16. The highest BCUT2D eigenvalue weighted by Crippen LogP contribution is 2.24. The highest BCUT2D eigenvalue weighted by molar-refractivity contribution is 5.96. The number of carbonyl (C=O) groups excluding carboxylic acids is 1. The Bertz CT molecular complexity index is 573. The Hall–Kier alpha value is -1.79. The number of carbonyl (C=O) groups is 1. The molecule has 0 spiro atoms. The van der Waals surface area contributed by atoms with Gasteiger partial charge < -0.3 is 10.6 Å². The maximum atomic E-state index is 12.8. The van der Waals surface area contributed by atoms with Crippen LogP contribution in [0, 0.1) is 30.6 Å². The van der Waals surface area contributed by atoms with Crippen LogP contribution < -0.4 is 5.73 Å². The zero-order chi connectivity index (χ0) is 15.4. The van der Waals surface area contributed by atoms with E-state index in [-0.39, 0.29) is 5.91 Å². The zero-order valence-electron chi connectivity index (χ0n) is 13.1. The van der Waals surface area contributed by atoms with Crippen LogP contribution >= 0.6 is 0 Å². The van der Waals surface area contributed by atoms with Gasteiger partial charge in [-0.15, -0.1) is 0 Å². The number of amides is 1. The molecule has 2 rings (SSSR count). The van der Waals surface area contributed by atoms with Crippen LogP contribution in [0.2, 0.25) is 0 Å². The Kier molecular flexibility index (Phi) is 5.03. The molecule has 112 valence electrons. The average Bonchev–Trinajstić information content (AvgIpc) is 2.44. The Morgan fingerprint density at radius 2 is 2.00 bits per heavy atom. The Balaban J connectivity index is 2.27. The standard InChI is InChI=1S/C18H24N2O/c1-13-10-14(2)12-20(11-13)18(21)17-8-4-6-16(15(17)3)7-5-9-19/h4,6,8,13-14H,9-12,19H2,1-3H3. The number of piperidine rings is 1. The second kappa shape index (κ2) is 6.78. The predicted molar refractivity (Wildman–Crippen MR) is 86.0 cm³/mol. The molecule has 3 heteroatoms. The lowest BCUT2D eigenvalue weighted by atomic mass is 9.91. The molecule has 1 aromatic carbocycles. The molecule has 0 radical (unpaired) electrons. The summed E-state index contributed by atoms with van der Waals surface area (Å²) >= 11 is 0. The molecule has 1 heterocycles. The Morgan fingerprint density at radius 1 is 1.33 bits per heavy atom. The normalized spacial score (nSPS) is 21.6. The lowest BCUT2D eigenvalue weighted by Crippen LogP contribution is -2.42. The van der Waals surface area contributed by atoms with Crippen molar-refractivity contribution in [3.8, 4) is 11.8 Å². The summed E-state index contributed by atoms with van der Waals surface area (Å²) in [6.07, 6.45) is 1.20. The molecule has 0 saturated carbocycles. The largest absolute Gasteiger partial charge is 0.338 e. The van der Waals surface area contributed by atoms with Crippen LogP contribution in [0.15, 0.2) is 18.2 Å². The summed E-state index contributed by atoms with van der Waals surface area (Å²) in [5, 5.41) is 0. The van der Waals surface area contributed by atoms with Gasteiger partial charge in [0.05, 0.1) is 6.54 Å². The minimum absolute atomic E-state index is 0.127. The maximum Gasteiger partial charge on any atom is 0.254 e. The van der Waals surface area contributed by atoms with Crippen LogP contribution in [0.1, 0.15) is 41.8 Å². The third-order valence-corrected chi connectivity index (χ3v) is 4.05. The van der Waals surface area contributed by atoms with Gasteiger partial charge in [0, 0.05) is 24.2 Å². The molecule has 2 unspecified atom stereocenters. The number of benzene rings is 1. The molecule has 0 bridgehead atoms. The first-order valence-corrected chi connectivity index (χ1v) is 7.60. The van der Waals surface area contributed by atoms with Crippen molar-refractivity contribution in [2.45, 2.75) is 27.2 Å². The van der Waals surface area contributed by atoms with Crippen LogP contribution in [0.4, 0.5) is 0 Å². The maximum absolute atomic E-state index is 12.8. The quantitative estimate of drug-likeness (QED) is 0.805. The minimum atomic E-state index is 0.127. The molecule has 1 aliphatic heterocycles. The van der Waals surface area contributed by atoms with E-state index in [9.17, 15) is 4.79 Å². The number of nitrogens with zero attached hydrogens (tertiary/aromatic N) is 1. The molecule has 2 atom stereocenters. The van der Waals surface area contributed by atoms with E-state index >= 15 is 0 Å². The third kappa shape index (κ3) is 3.65. The van der Waals surface area contributed by atoms with Crippen molar-refractivity contribution in [2.75, 3.05) is 19.6 Å². The van der Waals surface area contributed by atoms with E-state index in [0.29, 0.717) is 18.4 Å². The molecular weight excluding hydrogens is 260 g/mol. The summed E-state index contributed by atoms with van der Waals surface area (Å²) in [7, 11) is 0. The van der Waals surface area contributed by atoms with Crippen molar-refractivity contribution >= 4 is 5.91 Å². The minimum Gasteiger partial charge on any atom is -0.338 e. The van der Waals surface area contributed by atoms with Gasteiger partial charge in [0.25, 0.3) is 5.91 Å². The van der Waals surface area contributed by atoms with Gasteiger partial charge in [-0.05, 0) is 42.9 Å². The van der Waals surface area contributed by atoms with Crippen LogP contribution in [0.5, 0.6) is 0 Å². The summed E-state index contributed by atoms with van der Waals surface area (Å²) in [5.41, 5.74) is 8.03. The van der Waals surface area contributed by atoms with Crippen molar-refractivity contribution in [1.82, 2.24) is 4.90 Å². The molecule has 21 heavy (non-hydrogen) atoms. The smallest absolute Gasteiger partial charge is 0.254 e. The first kappa shape index (κ1) is 15.6. The highest BCUT2D eigenvalue weighted by Gasteiger charge is 2.27. The van der Waals surface area contributed by atoms with Crippen molar-refractivity contribution in [3.05, 3.63) is 34.9 Å². The lowest BCUT2D eigenvalue weighted by Gasteiger charge is -2.35. The number of nitrogens with two attached hydrogens (primary N) is 1. The van der Waals surface area contributed by atoms with E-state index in [0.717, 1.165) is 29.8 Å². The van der Waals surface area contributed by atoms with Crippen LogP contribution in [0.3, 0.4) is 0 Å². The molecule has 1 fully saturated rings. The molecule has 0 aromatic heterocycles. The van der Waals surface area contributed by atoms with Gasteiger partial charge >= 0.3 is 0 Å². The van der Waals surface area contributed by atoms with Gasteiger partial charge in [0.2, 0.25) is 0 Å². The van der Waals surface area contributed by atoms with Crippen molar-refractivity contribution in [1.29, 1.82) is 0 Å². The van der Waals surface area contributed by atoms with Crippen LogP contribution in [-0.4, -0.2) is 30.4 Å². The van der Waals surface area contributed by atoms with E-state index < -0.39 is 0 Å². The fourth-order valence-electron chi connectivity index (χ4n) is 3.15. The third-order valence-electron chi connectivity index (χ3n) is 4.05. The molecule has 2 N–H and O–H groups in total. The van der Waals surface area contributed by atoms with E-state index in [1.165, 1.54) is 6.42 Å². The number of hydrogen-bond donors (Lipinski definition) is 1. The monoisotopic (exact) mass is 284 g/mol. The van der Waals surface area contributed by atoms with Gasteiger partial charge in [-0.2, -0.15) is 0 Å². The van der Waals surface area contributed by atoms with E-state index in [1.807, 2.05) is 30.0 Å². The molecular formula is C18H24N2O. The topological polar surface area (TPSA) is 46.3 Å². The van der Waals surface area contributed by atoms with Gasteiger partial charge in [0.15, 0.2) is 0 Å². The van der Waals surface area contributed by atoms with Crippen molar-refractivity contribution < 1.29 is 4.79 Å². The number of likely N-dealkylation sites (tertiary alicyclic amines) is 1. The fourth-order valence-corrected chi connectivity index (χ4v) is 3.15. The summed E-state index contributed by atoms with van der Waals surface area (Å²) < 4.78 is 0. The Labute approximate surface area is 127 Å². The molecule has 1 aromatic rings. The molecule has 1 amide bonds. The SMILES string of the molecule is Cc1c(C#CCN)cccc1C(=O)N1CC(C)CC(C)C1.